The van der Waals surface area contributed by atoms with Gasteiger partial charge in [-0.15, -0.1) is 0 Å². The summed E-state index contributed by atoms with van der Waals surface area (Å²) < 4.78 is 5.77. The molecule has 2 atom stereocenters. The summed E-state index contributed by atoms with van der Waals surface area (Å²) in [6.45, 7) is 0.711. The summed E-state index contributed by atoms with van der Waals surface area (Å²) in [5.74, 6) is 0.573. The first-order valence-electron chi connectivity index (χ1n) is 8.08. The van der Waals surface area contributed by atoms with E-state index >= 15 is 0 Å². The van der Waals surface area contributed by atoms with Crippen molar-refractivity contribution in [3.63, 3.8) is 0 Å². The molecule has 2 aliphatic carbocycles. The van der Waals surface area contributed by atoms with Crippen LogP contribution >= 0.6 is 0 Å². The molecule has 1 heterocycles. The van der Waals surface area contributed by atoms with Crippen LogP contribution in [-0.4, -0.2) is 35.7 Å². The van der Waals surface area contributed by atoms with Crippen molar-refractivity contribution >= 4 is 11.7 Å². The molecule has 2 unspecified atom stereocenters. The van der Waals surface area contributed by atoms with E-state index in [1.54, 1.807) is 0 Å². The zero-order valence-corrected chi connectivity index (χ0v) is 12.4. The van der Waals surface area contributed by atoms with E-state index in [2.05, 4.69) is 10.5 Å². The summed E-state index contributed by atoms with van der Waals surface area (Å²) >= 11 is 0. The Balaban J connectivity index is 1.72. The molecular formula is C15H25N3O3. The highest BCUT2D eigenvalue weighted by molar-refractivity contribution is 6.06. The van der Waals surface area contributed by atoms with Crippen LogP contribution in [-0.2, 0) is 9.53 Å². The van der Waals surface area contributed by atoms with Crippen molar-refractivity contribution in [1.82, 2.24) is 5.32 Å². The van der Waals surface area contributed by atoms with Crippen LogP contribution < -0.4 is 11.1 Å². The number of carbonyl (C=O) groups is 1. The minimum absolute atomic E-state index is 0.0570. The first-order chi connectivity index (χ1) is 10.2. The summed E-state index contributed by atoms with van der Waals surface area (Å²) in [5, 5.41) is 15.4. The lowest BCUT2D eigenvalue weighted by Gasteiger charge is -2.36. The molecule has 0 bridgehead atoms. The summed E-state index contributed by atoms with van der Waals surface area (Å²) in [7, 11) is 0. The number of ether oxygens (including phenoxy) is 1. The molecule has 118 valence electrons. The third-order valence-electron chi connectivity index (χ3n) is 5.28. The van der Waals surface area contributed by atoms with E-state index in [0.29, 0.717) is 25.4 Å². The predicted octanol–water partition coefficient (Wildman–Crippen LogP) is 1.37. The van der Waals surface area contributed by atoms with E-state index in [1.807, 2.05) is 0 Å². The van der Waals surface area contributed by atoms with E-state index < -0.39 is 5.41 Å². The fourth-order valence-electron chi connectivity index (χ4n) is 3.81. The molecule has 1 amide bonds. The van der Waals surface area contributed by atoms with Gasteiger partial charge < -0.3 is 21.0 Å². The van der Waals surface area contributed by atoms with Crippen LogP contribution in [0.25, 0.3) is 0 Å². The zero-order chi connectivity index (χ0) is 14.9. The largest absolute Gasteiger partial charge is 0.409 e. The van der Waals surface area contributed by atoms with Crippen LogP contribution in [0.2, 0.25) is 0 Å². The second kappa shape index (κ2) is 5.83. The van der Waals surface area contributed by atoms with Gasteiger partial charge in [-0.05, 0) is 38.0 Å². The maximum Gasteiger partial charge on any atom is 0.234 e. The highest BCUT2D eigenvalue weighted by atomic mass is 16.5. The lowest BCUT2D eigenvalue weighted by molar-refractivity contribution is -0.130. The van der Waals surface area contributed by atoms with Gasteiger partial charge in [-0.2, -0.15) is 0 Å². The van der Waals surface area contributed by atoms with Crippen LogP contribution in [0.3, 0.4) is 0 Å². The van der Waals surface area contributed by atoms with Gasteiger partial charge in [0.2, 0.25) is 5.91 Å². The fourth-order valence-corrected chi connectivity index (χ4v) is 3.81. The summed E-state index contributed by atoms with van der Waals surface area (Å²) in [4.78, 5) is 12.8. The van der Waals surface area contributed by atoms with E-state index in [9.17, 15) is 4.79 Å². The number of hydrogen-bond donors (Lipinski definition) is 3. The number of nitrogens with zero attached hydrogens (tertiary/aromatic N) is 1. The summed E-state index contributed by atoms with van der Waals surface area (Å²) in [5.41, 5.74) is 5.04. The number of nitrogens with one attached hydrogen (secondary N) is 1. The SMILES string of the molecule is NC(=NO)C1(C(=O)NC2CCOC2C2CC2)CCCCC1. The minimum atomic E-state index is -0.830. The lowest BCUT2D eigenvalue weighted by atomic mass is 9.72. The average Bonchev–Trinajstić information content (AvgIpc) is 3.27. The van der Waals surface area contributed by atoms with Crippen LogP contribution in [0.15, 0.2) is 5.16 Å². The van der Waals surface area contributed by atoms with Gasteiger partial charge in [0.05, 0.1) is 12.1 Å². The molecular weight excluding hydrogens is 270 g/mol. The number of carbonyl (C=O) groups excluding carboxylic acids is 1. The predicted molar refractivity (Wildman–Crippen MR) is 77.9 cm³/mol. The van der Waals surface area contributed by atoms with E-state index in [0.717, 1.165) is 25.7 Å². The molecule has 4 N–H and O–H groups in total. The van der Waals surface area contributed by atoms with E-state index in [1.165, 1.54) is 12.8 Å². The van der Waals surface area contributed by atoms with Gasteiger partial charge in [0, 0.05) is 6.61 Å². The molecule has 1 aliphatic heterocycles. The van der Waals surface area contributed by atoms with E-state index in [-0.39, 0.29) is 23.9 Å². The maximum absolute atomic E-state index is 12.8. The molecule has 3 fully saturated rings. The second-order valence-corrected chi connectivity index (χ2v) is 6.67. The molecule has 2 saturated carbocycles. The van der Waals surface area contributed by atoms with Crippen molar-refractivity contribution in [3.05, 3.63) is 0 Å². The Kier molecular flexibility index (Phi) is 4.06. The normalized spacial score (nSPS) is 32.9. The van der Waals surface area contributed by atoms with Crippen molar-refractivity contribution < 1.29 is 14.7 Å². The van der Waals surface area contributed by atoms with E-state index in [4.69, 9.17) is 15.7 Å². The first-order valence-corrected chi connectivity index (χ1v) is 8.08. The molecule has 6 heteroatoms. The van der Waals surface area contributed by atoms with Crippen molar-refractivity contribution in [2.75, 3.05) is 6.61 Å². The molecule has 0 aromatic rings. The number of amidine groups is 1. The number of nitrogens with two attached hydrogens (primary N) is 1. The average molecular weight is 295 g/mol. The van der Waals surface area contributed by atoms with Crippen LogP contribution in [0.1, 0.15) is 51.4 Å². The third-order valence-corrected chi connectivity index (χ3v) is 5.28. The van der Waals surface area contributed by atoms with Gasteiger partial charge in [-0.25, -0.2) is 0 Å². The van der Waals surface area contributed by atoms with Gasteiger partial charge in [0.15, 0.2) is 5.84 Å². The molecule has 0 radical (unpaired) electrons. The molecule has 6 nitrogen and oxygen atoms in total. The second-order valence-electron chi connectivity index (χ2n) is 6.67. The number of hydrogen-bond acceptors (Lipinski definition) is 4. The molecule has 3 aliphatic rings. The Morgan fingerprint density at radius 1 is 1.24 bits per heavy atom. The number of rotatable bonds is 4. The van der Waals surface area contributed by atoms with Gasteiger partial charge >= 0.3 is 0 Å². The highest BCUT2D eigenvalue weighted by Crippen LogP contribution is 2.40. The van der Waals surface area contributed by atoms with Crippen molar-refractivity contribution in [2.45, 2.75) is 63.5 Å². The Hall–Kier alpha value is -1.30. The topological polar surface area (TPSA) is 96.9 Å². The monoisotopic (exact) mass is 295 g/mol. The standard InChI is InChI=1S/C15H25N3O3/c16-13(18-20)15(7-2-1-3-8-15)14(19)17-11-6-9-21-12(11)10-4-5-10/h10-12,20H,1-9H2,(H2,16,18)(H,17,19). The molecule has 1 saturated heterocycles. The first kappa shape index (κ1) is 14.6. The number of amides is 1. The summed E-state index contributed by atoms with van der Waals surface area (Å²) in [6, 6.07) is 0.0790. The molecule has 0 aromatic heterocycles. The zero-order valence-electron chi connectivity index (χ0n) is 12.4. The summed E-state index contributed by atoms with van der Waals surface area (Å²) in [6.07, 6.45) is 7.72. The van der Waals surface area contributed by atoms with Crippen LogP contribution in [0.5, 0.6) is 0 Å². The Morgan fingerprint density at radius 3 is 2.57 bits per heavy atom. The third kappa shape index (κ3) is 2.73. The van der Waals surface area contributed by atoms with Crippen molar-refractivity contribution in [2.24, 2.45) is 22.2 Å². The van der Waals surface area contributed by atoms with Gasteiger partial charge in [0.25, 0.3) is 0 Å². The highest BCUT2D eigenvalue weighted by Gasteiger charge is 2.47. The molecule has 3 rings (SSSR count). The molecule has 0 spiro atoms. The van der Waals surface area contributed by atoms with Crippen molar-refractivity contribution in [1.29, 1.82) is 0 Å². The van der Waals surface area contributed by atoms with Crippen LogP contribution in [0.4, 0.5) is 0 Å². The fraction of sp³-hybridized carbons (Fsp3) is 0.867. The quantitative estimate of drug-likeness (QED) is 0.316. The number of oxime groups is 1. The lowest BCUT2D eigenvalue weighted by Crippen LogP contribution is -2.54. The van der Waals surface area contributed by atoms with Gasteiger partial charge in [-0.1, -0.05) is 24.4 Å². The maximum atomic E-state index is 12.8. The van der Waals surface area contributed by atoms with Gasteiger partial charge in [-0.3, -0.25) is 4.79 Å². The van der Waals surface area contributed by atoms with Crippen LogP contribution in [0, 0.1) is 11.3 Å². The molecule has 0 aromatic carbocycles. The molecule has 21 heavy (non-hydrogen) atoms. The Morgan fingerprint density at radius 2 is 1.95 bits per heavy atom. The smallest absolute Gasteiger partial charge is 0.234 e. The Labute approximate surface area is 125 Å². The van der Waals surface area contributed by atoms with Gasteiger partial charge in [0.1, 0.15) is 5.41 Å². The minimum Gasteiger partial charge on any atom is -0.409 e. The van der Waals surface area contributed by atoms with Crippen molar-refractivity contribution in [3.8, 4) is 0 Å². The Bertz CT molecular complexity index is 428.